The lowest BCUT2D eigenvalue weighted by atomic mass is 10.0. The number of halogens is 3. The van der Waals surface area contributed by atoms with Gasteiger partial charge in [-0.15, -0.1) is 13.2 Å². The first-order chi connectivity index (χ1) is 13.0. The summed E-state index contributed by atoms with van der Waals surface area (Å²) in [5.41, 5.74) is 0.783. The molecule has 1 saturated heterocycles. The Kier molecular flexibility index (Phi) is 4.78. The van der Waals surface area contributed by atoms with E-state index in [9.17, 15) is 22.8 Å². The van der Waals surface area contributed by atoms with Crippen LogP contribution in [0.3, 0.4) is 0 Å². The number of carbonyl (C=O) groups excluding carboxylic acids is 2. The molecule has 0 spiro atoms. The summed E-state index contributed by atoms with van der Waals surface area (Å²) in [5, 5.41) is 0. The lowest BCUT2D eigenvalue weighted by Gasteiger charge is -2.28. The molecule has 1 fully saturated rings. The van der Waals surface area contributed by atoms with Gasteiger partial charge in [0.15, 0.2) is 0 Å². The largest absolute Gasteiger partial charge is 0.573 e. The zero-order valence-corrected chi connectivity index (χ0v) is 15.4. The van der Waals surface area contributed by atoms with Crippen LogP contribution in [-0.4, -0.2) is 33.7 Å². The molecule has 0 unspecified atom stereocenters. The molecule has 9 heteroatoms. The summed E-state index contributed by atoms with van der Waals surface area (Å²) in [7, 11) is 0. The van der Waals surface area contributed by atoms with Gasteiger partial charge in [-0.25, -0.2) is 9.69 Å². The summed E-state index contributed by atoms with van der Waals surface area (Å²) < 4.78 is 40.7. The molecular weight excluding hydrogens is 375 g/mol. The van der Waals surface area contributed by atoms with Gasteiger partial charge >= 0.3 is 12.4 Å². The molecule has 0 atom stereocenters. The summed E-state index contributed by atoms with van der Waals surface area (Å²) in [6, 6.07) is 5.84. The van der Waals surface area contributed by atoms with Crippen LogP contribution < -0.4 is 9.64 Å². The van der Waals surface area contributed by atoms with Gasteiger partial charge in [-0.3, -0.25) is 9.78 Å². The van der Waals surface area contributed by atoms with Crippen LogP contribution in [0.25, 0.3) is 0 Å². The number of hydrogen-bond acceptors (Lipinski definition) is 4. The third-order valence-corrected chi connectivity index (χ3v) is 4.62. The van der Waals surface area contributed by atoms with Gasteiger partial charge in [-0.2, -0.15) is 0 Å². The fourth-order valence-electron chi connectivity index (χ4n) is 2.98. The second kappa shape index (κ2) is 6.81. The van der Waals surface area contributed by atoms with Gasteiger partial charge in [0.05, 0.1) is 5.69 Å². The Morgan fingerprint density at radius 3 is 2.32 bits per heavy atom. The number of amides is 3. The number of benzene rings is 1. The number of nitrogens with zero attached hydrogens (tertiary/aromatic N) is 3. The number of aromatic nitrogens is 1. The molecule has 3 amide bonds. The van der Waals surface area contributed by atoms with E-state index < -0.39 is 29.6 Å². The van der Waals surface area contributed by atoms with E-state index in [-0.39, 0.29) is 12.2 Å². The second-order valence-corrected chi connectivity index (χ2v) is 6.91. The van der Waals surface area contributed by atoms with Crippen LogP contribution in [0.15, 0.2) is 42.7 Å². The molecule has 1 aliphatic heterocycles. The summed E-state index contributed by atoms with van der Waals surface area (Å²) in [6.07, 6.45) is -1.54. The quantitative estimate of drug-likeness (QED) is 0.736. The molecule has 6 nitrogen and oxygen atoms in total. The minimum atomic E-state index is -4.82. The number of carbonyl (C=O) groups is 2. The zero-order valence-electron chi connectivity index (χ0n) is 15.4. The maximum absolute atomic E-state index is 13.0. The molecule has 0 N–H and O–H groups in total. The number of imide groups is 1. The van der Waals surface area contributed by atoms with Crippen LogP contribution in [-0.2, 0) is 11.3 Å². The Morgan fingerprint density at radius 2 is 1.75 bits per heavy atom. The SMILES string of the molecule is Cc1cnccc1CN1C(=O)N(c2ccc(OC(F)(F)F)cc2)C(=O)C1(C)C. The smallest absolute Gasteiger partial charge is 0.406 e. The third-order valence-electron chi connectivity index (χ3n) is 4.62. The lowest BCUT2D eigenvalue weighted by Crippen LogP contribution is -2.43. The Bertz CT molecular complexity index is 911. The first-order valence-electron chi connectivity index (χ1n) is 8.42. The van der Waals surface area contributed by atoms with E-state index >= 15 is 0 Å². The monoisotopic (exact) mass is 393 g/mol. The van der Waals surface area contributed by atoms with Crippen LogP contribution in [0.2, 0.25) is 0 Å². The van der Waals surface area contributed by atoms with Gasteiger partial charge in [-0.1, -0.05) is 0 Å². The maximum Gasteiger partial charge on any atom is 0.573 e. The Morgan fingerprint density at radius 1 is 1.11 bits per heavy atom. The molecule has 1 aromatic heterocycles. The van der Waals surface area contributed by atoms with E-state index in [1.165, 1.54) is 17.0 Å². The van der Waals surface area contributed by atoms with Crippen molar-refractivity contribution in [3.05, 3.63) is 53.9 Å². The molecule has 1 aromatic carbocycles. The molecule has 3 rings (SSSR count). The number of pyridine rings is 1. The van der Waals surface area contributed by atoms with Crippen molar-refractivity contribution in [2.45, 2.75) is 39.2 Å². The summed E-state index contributed by atoms with van der Waals surface area (Å²) in [4.78, 5) is 32.3. The van der Waals surface area contributed by atoms with Gasteiger partial charge in [0.25, 0.3) is 5.91 Å². The average Bonchev–Trinajstić information content (AvgIpc) is 2.76. The number of aryl methyl sites for hydroxylation is 1. The standard InChI is InChI=1S/C19H18F3N3O3/c1-12-10-23-9-8-13(12)11-24-17(27)25(16(26)18(24,2)3)14-4-6-15(7-5-14)28-19(20,21)22/h4-10H,11H2,1-3H3. The van der Waals surface area contributed by atoms with E-state index in [0.717, 1.165) is 28.2 Å². The molecule has 28 heavy (non-hydrogen) atoms. The fourth-order valence-corrected chi connectivity index (χ4v) is 2.98. The highest BCUT2D eigenvalue weighted by atomic mass is 19.4. The summed E-state index contributed by atoms with van der Waals surface area (Å²) in [6.45, 7) is 5.32. The zero-order chi connectivity index (χ0) is 20.7. The van der Waals surface area contributed by atoms with Crippen molar-refractivity contribution in [2.24, 2.45) is 0 Å². The predicted octanol–water partition coefficient (Wildman–Crippen LogP) is 4.04. The Balaban J connectivity index is 1.88. The predicted molar refractivity (Wildman–Crippen MR) is 94.6 cm³/mol. The molecule has 0 aliphatic carbocycles. The van der Waals surface area contributed by atoms with Crippen molar-refractivity contribution in [3.8, 4) is 5.75 Å². The van der Waals surface area contributed by atoms with Crippen molar-refractivity contribution in [1.82, 2.24) is 9.88 Å². The highest BCUT2D eigenvalue weighted by Gasteiger charge is 2.51. The van der Waals surface area contributed by atoms with Crippen LogP contribution in [0, 0.1) is 6.92 Å². The van der Waals surface area contributed by atoms with Gasteiger partial charge in [0.2, 0.25) is 0 Å². The van der Waals surface area contributed by atoms with Crippen LogP contribution >= 0.6 is 0 Å². The summed E-state index contributed by atoms with van der Waals surface area (Å²) in [5.74, 6) is -0.896. The summed E-state index contributed by atoms with van der Waals surface area (Å²) >= 11 is 0. The maximum atomic E-state index is 13.0. The topological polar surface area (TPSA) is 62.7 Å². The third kappa shape index (κ3) is 3.64. The minimum absolute atomic E-state index is 0.173. The minimum Gasteiger partial charge on any atom is -0.406 e. The lowest BCUT2D eigenvalue weighted by molar-refractivity contribution is -0.274. The van der Waals surface area contributed by atoms with Crippen LogP contribution in [0.4, 0.5) is 23.7 Å². The number of ether oxygens (including phenoxy) is 1. The molecule has 2 heterocycles. The normalized spacial score (nSPS) is 16.6. The molecule has 2 aromatic rings. The molecule has 0 bridgehead atoms. The molecule has 0 saturated carbocycles. The number of rotatable bonds is 4. The van der Waals surface area contributed by atoms with Crippen molar-refractivity contribution in [1.29, 1.82) is 0 Å². The van der Waals surface area contributed by atoms with Crippen LogP contribution in [0.1, 0.15) is 25.0 Å². The van der Waals surface area contributed by atoms with Crippen LogP contribution in [0.5, 0.6) is 5.75 Å². The van der Waals surface area contributed by atoms with E-state index in [1.54, 1.807) is 32.3 Å². The first kappa shape index (κ1) is 19.7. The highest BCUT2D eigenvalue weighted by Crippen LogP contribution is 2.34. The van der Waals surface area contributed by atoms with Gasteiger partial charge in [-0.05, 0) is 62.2 Å². The molecule has 1 aliphatic rings. The molecular formula is C19H18F3N3O3. The van der Waals surface area contributed by atoms with Crippen molar-refractivity contribution in [3.63, 3.8) is 0 Å². The van der Waals surface area contributed by atoms with E-state index in [2.05, 4.69) is 9.72 Å². The van der Waals surface area contributed by atoms with Crippen molar-refractivity contribution < 1.29 is 27.5 Å². The van der Waals surface area contributed by atoms with Gasteiger partial charge < -0.3 is 9.64 Å². The molecule has 148 valence electrons. The van der Waals surface area contributed by atoms with Crippen molar-refractivity contribution in [2.75, 3.05) is 4.90 Å². The average molecular weight is 393 g/mol. The highest BCUT2D eigenvalue weighted by molar-refractivity contribution is 6.22. The number of alkyl halides is 3. The van der Waals surface area contributed by atoms with E-state index in [4.69, 9.17) is 0 Å². The van der Waals surface area contributed by atoms with E-state index in [1.807, 2.05) is 6.92 Å². The second-order valence-electron chi connectivity index (χ2n) is 6.91. The van der Waals surface area contributed by atoms with Gasteiger partial charge in [0.1, 0.15) is 11.3 Å². The van der Waals surface area contributed by atoms with Gasteiger partial charge in [0, 0.05) is 18.9 Å². The first-order valence-corrected chi connectivity index (χ1v) is 8.42. The number of urea groups is 1. The van der Waals surface area contributed by atoms with Crippen molar-refractivity contribution >= 4 is 17.6 Å². The number of anilines is 1. The Hall–Kier alpha value is -3.10. The van der Waals surface area contributed by atoms with E-state index in [0.29, 0.717) is 0 Å². The number of hydrogen-bond donors (Lipinski definition) is 0. The Labute approximate surface area is 159 Å². The molecule has 0 radical (unpaired) electrons. The fraction of sp³-hybridized carbons (Fsp3) is 0.316.